The van der Waals surface area contributed by atoms with E-state index in [1.807, 2.05) is 0 Å². The molecule has 1 atom stereocenters. The number of hydrogen-bond acceptors (Lipinski definition) is 2. The molecule has 3 rings (SSSR count). The molecule has 0 aliphatic heterocycles. The second-order valence-electron chi connectivity index (χ2n) is 12.8. The van der Waals surface area contributed by atoms with Gasteiger partial charge < -0.3 is 10.0 Å². The summed E-state index contributed by atoms with van der Waals surface area (Å²) < 4.78 is 0. The first-order valence-corrected chi connectivity index (χ1v) is 17.7. The maximum absolute atomic E-state index is 11.6. The fraction of sp³-hybridized carbons (Fsp3) is 0.737. The summed E-state index contributed by atoms with van der Waals surface area (Å²) in [7, 11) is 0. The van der Waals surface area contributed by atoms with Gasteiger partial charge in [-0.25, -0.2) is 0 Å². The molecular formula is C38H63NO. The summed E-state index contributed by atoms with van der Waals surface area (Å²) in [6.45, 7) is 7.63. The Balaban J connectivity index is 1.52. The third kappa shape index (κ3) is 11.8. The van der Waals surface area contributed by atoms with Gasteiger partial charge in [0.05, 0.1) is 6.10 Å². The minimum absolute atomic E-state index is 0.408. The van der Waals surface area contributed by atoms with E-state index in [1.165, 1.54) is 163 Å². The highest BCUT2D eigenvalue weighted by Gasteiger charge is 2.20. The Morgan fingerprint density at radius 2 is 1.10 bits per heavy atom. The minimum Gasteiger partial charge on any atom is -0.387 e. The van der Waals surface area contributed by atoms with Crippen LogP contribution in [0.1, 0.15) is 165 Å². The number of rotatable bonds is 23. The topological polar surface area (TPSA) is 23.5 Å². The molecule has 0 spiro atoms. The van der Waals surface area contributed by atoms with E-state index in [0.29, 0.717) is 0 Å². The van der Waals surface area contributed by atoms with Crippen molar-refractivity contribution in [2.24, 2.45) is 0 Å². The van der Waals surface area contributed by atoms with Crippen LogP contribution in [0.3, 0.4) is 0 Å². The van der Waals surface area contributed by atoms with Crippen LogP contribution in [0.5, 0.6) is 0 Å². The van der Waals surface area contributed by atoms with Crippen LogP contribution in [0, 0.1) is 0 Å². The summed E-state index contributed by atoms with van der Waals surface area (Å²) >= 11 is 0. The highest BCUT2D eigenvalue weighted by Crippen LogP contribution is 2.34. The van der Waals surface area contributed by atoms with Gasteiger partial charge in [-0.1, -0.05) is 147 Å². The van der Waals surface area contributed by atoms with Crippen LogP contribution < -0.4 is 0 Å². The molecule has 0 saturated carbocycles. The third-order valence-electron chi connectivity index (χ3n) is 9.35. The first kappa shape index (κ1) is 33.1. The molecule has 1 unspecified atom stereocenters. The molecule has 2 heteroatoms. The Labute approximate surface area is 248 Å². The van der Waals surface area contributed by atoms with Gasteiger partial charge in [0.25, 0.3) is 0 Å². The molecule has 40 heavy (non-hydrogen) atoms. The maximum Gasteiger partial charge on any atom is 0.0923 e. The summed E-state index contributed by atoms with van der Waals surface area (Å²) in [5.74, 6) is 0. The molecule has 1 aliphatic carbocycles. The van der Waals surface area contributed by atoms with Gasteiger partial charge in [-0.3, -0.25) is 0 Å². The van der Waals surface area contributed by atoms with E-state index in [2.05, 4.69) is 49.1 Å². The summed E-state index contributed by atoms with van der Waals surface area (Å²) in [5, 5.41) is 14.3. The van der Waals surface area contributed by atoms with Crippen LogP contribution in [-0.2, 0) is 12.8 Å². The van der Waals surface area contributed by atoms with Gasteiger partial charge in [-0.15, -0.1) is 0 Å². The second-order valence-corrected chi connectivity index (χ2v) is 12.8. The molecule has 1 aliphatic rings. The van der Waals surface area contributed by atoms with Gasteiger partial charge in [-0.05, 0) is 79.1 Å². The summed E-state index contributed by atoms with van der Waals surface area (Å²) in [6.07, 6.45) is 29.2. The SMILES string of the molecule is CCCCCCCCCCCN(CCCCCCCCCCC)CC(O)c1cc2c(c3ccccc13)CCCC2. The van der Waals surface area contributed by atoms with Gasteiger partial charge in [0.2, 0.25) is 0 Å². The van der Waals surface area contributed by atoms with Crippen molar-refractivity contribution < 1.29 is 5.11 Å². The van der Waals surface area contributed by atoms with Gasteiger partial charge >= 0.3 is 0 Å². The van der Waals surface area contributed by atoms with Crippen LogP contribution in [-0.4, -0.2) is 29.6 Å². The number of benzene rings is 2. The zero-order valence-corrected chi connectivity index (χ0v) is 26.5. The van der Waals surface area contributed by atoms with Crippen molar-refractivity contribution in [3.05, 3.63) is 47.0 Å². The van der Waals surface area contributed by atoms with E-state index < -0.39 is 6.10 Å². The zero-order valence-electron chi connectivity index (χ0n) is 26.5. The fourth-order valence-electron chi connectivity index (χ4n) is 6.86. The Hall–Kier alpha value is -1.38. The monoisotopic (exact) mass is 549 g/mol. The third-order valence-corrected chi connectivity index (χ3v) is 9.35. The average molecular weight is 550 g/mol. The molecule has 0 bridgehead atoms. The van der Waals surface area contributed by atoms with E-state index in [9.17, 15) is 5.11 Å². The molecule has 0 aromatic heterocycles. The van der Waals surface area contributed by atoms with Crippen LogP contribution in [0.15, 0.2) is 30.3 Å². The predicted octanol–water partition coefficient (Wildman–Crippen LogP) is 11.1. The number of aliphatic hydroxyl groups is 1. The van der Waals surface area contributed by atoms with Gasteiger partial charge in [0.1, 0.15) is 0 Å². The van der Waals surface area contributed by atoms with Gasteiger partial charge in [-0.2, -0.15) is 0 Å². The summed E-state index contributed by atoms with van der Waals surface area (Å²) in [4.78, 5) is 2.60. The number of unbranched alkanes of at least 4 members (excludes halogenated alkanes) is 16. The Morgan fingerprint density at radius 1 is 0.625 bits per heavy atom. The first-order chi connectivity index (χ1) is 19.7. The second kappa shape index (κ2) is 20.5. The Bertz CT molecular complexity index is 899. The number of aliphatic hydroxyl groups excluding tert-OH is 1. The van der Waals surface area contributed by atoms with E-state index in [1.54, 1.807) is 5.56 Å². The summed E-state index contributed by atoms with van der Waals surface area (Å²) in [6, 6.07) is 11.2. The van der Waals surface area contributed by atoms with Crippen molar-refractivity contribution in [3.63, 3.8) is 0 Å². The molecule has 0 radical (unpaired) electrons. The minimum atomic E-state index is -0.408. The van der Waals surface area contributed by atoms with Gasteiger partial charge in [0, 0.05) is 6.54 Å². The fourth-order valence-corrected chi connectivity index (χ4v) is 6.86. The normalized spacial score (nSPS) is 14.2. The van der Waals surface area contributed by atoms with Crippen molar-refractivity contribution in [2.45, 2.75) is 161 Å². The van der Waals surface area contributed by atoms with Crippen LogP contribution in [0.4, 0.5) is 0 Å². The smallest absolute Gasteiger partial charge is 0.0923 e. The van der Waals surface area contributed by atoms with E-state index in [0.717, 1.165) is 19.6 Å². The van der Waals surface area contributed by atoms with E-state index in [-0.39, 0.29) is 0 Å². The Morgan fingerprint density at radius 3 is 1.65 bits per heavy atom. The maximum atomic E-state index is 11.6. The summed E-state index contributed by atoms with van der Waals surface area (Å²) in [5.41, 5.74) is 4.20. The molecular weight excluding hydrogens is 486 g/mol. The van der Waals surface area contributed by atoms with Gasteiger partial charge in [0.15, 0.2) is 0 Å². The zero-order chi connectivity index (χ0) is 28.3. The molecule has 2 aromatic rings. The lowest BCUT2D eigenvalue weighted by Crippen LogP contribution is -2.31. The molecule has 1 N–H and O–H groups in total. The largest absolute Gasteiger partial charge is 0.387 e. The number of hydrogen-bond donors (Lipinski definition) is 1. The van der Waals surface area contributed by atoms with Crippen molar-refractivity contribution in [1.29, 1.82) is 0 Å². The van der Waals surface area contributed by atoms with Crippen molar-refractivity contribution >= 4 is 10.8 Å². The quantitative estimate of drug-likeness (QED) is 0.139. The van der Waals surface area contributed by atoms with Crippen molar-refractivity contribution in [3.8, 4) is 0 Å². The lowest BCUT2D eigenvalue weighted by molar-refractivity contribution is 0.111. The number of fused-ring (bicyclic) bond motifs is 3. The number of nitrogens with zero attached hydrogens (tertiary/aromatic N) is 1. The molecule has 2 aromatic carbocycles. The molecule has 0 amide bonds. The highest BCUT2D eigenvalue weighted by molar-refractivity contribution is 5.90. The lowest BCUT2D eigenvalue weighted by Gasteiger charge is -2.27. The molecule has 0 fully saturated rings. The van der Waals surface area contributed by atoms with Crippen LogP contribution in [0.25, 0.3) is 10.8 Å². The molecule has 2 nitrogen and oxygen atoms in total. The number of aryl methyl sites for hydroxylation is 2. The molecule has 0 heterocycles. The van der Waals surface area contributed by atoms with Crippen LogP contribution in [0.2, 0.25) is 0 Å². The first-order valence-electron chi connectivity index (χ1n) is 17.7. The van der Waals surface area contributed by atoms with Crippen molar-refractivity contribution in [1.82, 2.24) is 4.90 Å². The van der Waals surface area contributed by atoms with E-state index >= 15 is 0 Å². The Kier molecular flexibility index (Phi) is 17.0. The van der Waals surface area contributed by atoms with Crippen molar-refractivity contribution in [2.75, 3.05) is 19.6 Å². The van der Waals surface area contributed by atoms with Crippen LogP contribution >= 0.6 is 0 Å². The highest BCUT2D eigenvalue weighted by atomic mass is 16.3. The van der Waals surface area contributed by atoms with E-state index in [4.69, 9.17) is 0 Å². The predicted molar refractivity (Wildman–Crippen MR) is 176 cm³/mol. The molecule has 226 valence electrons. The molecule has 0 saturated heterocycles. The standard InChI is InChI=1S/C38H63NO/c1-3-5-7-9-11-13-15-17-23-29-39(30-24-18-16-14-12-10-8-6-4-2)32-38(40)37-31-33-25-19-20-26-34(33)35-27-21-22-28-36(35)37/h21-22,27-28,31,38,40H,3-20,23-26,29-30,32H2,1-2H3. The average Bonchev–Trinajstić information content (AvgIpc) is 2.98. The lowest BCUT2D eigenvalue weighted by atomic mass is 9.84.